The Kier molecular flexibility index (Phi) is 7.21. The number of carbonyl (C=O) groups excluding carboxylic acids is 1. The van der Waals surface area contributed by atoms with Crippen molar-refractivity contribution in [2.75, 3.05) is 13.2 Å². The van der Waals surface area contributed by atoms with Crippen molar-refractivity contribution in [2.45, 2.75) is 64.0 Å². The van der Waals surface area contributed by atoms with Crippen LogP contribution in [0.25, 0.3) is 0 Å². The SMILES string of the molecule is CCCCCCCOCC(NC1CC1)C(N)=O. The molecule has 1 saturated carbocycles. The Labute approximate surface area is 104 Å². The maximum absolute atomic E-state index is 11.1. The first-order chi connectivity index (χ1) is 8.24. The molecule has 0 heterocycles. The summed E-state index contributed by atoms with van der Waals surface area (Å²) in [6.07, 6.45) is 8.43. The summed E-state index contributed by atoms with van der Waals surface area (Å²) in [6, 6.07) is 0.179. The number of hydrogen-bond acceptors (Lipinski definition) is 3. The van der Waals surface area contributed by atoms with Gasteiger partial charge in [-0.3, -0.25) is 4.79 Å². The van der Waals surface area contributed by atoms with E-state index in [1.807, 2.05) is 0 Å². The predicted molar refractivity (Wildman–Crippen MR) is 68.7 cm³/mol. The van der Waals surface area contributed by atoms with Gasteiger partial charge in [0.1, 0.15) is 6.04 Å². The van der Waals surface area contributed by atoms with Crippen LogP contribution < -0.4 is 11.1 Å². The van der Waals surface area contributed by atoms with Gasteiger partial charge in [-0.05, 0) is 19.3 Å². The van der Waals surface area contributed by atoms with Crippen LogP contribution in [0.2, 0.25) is 0 Å². The number of ether oxygens (including phenoxy) is 1. The van der Waals surface area contributed by atoms with Crippen LogP contribution in [0.15, 0.2) is 0 Å². The zero-order valence-electron chi connectivity index (χ0n) is 10.9. The lowest BCUT2D eigenvalue weighted by atomic mass is 10.2. The molecule has 0 saturated heterocycles. The molecule has 0 aromatic carbocycles. The van der Waals surface area contributed by atoms with E-state index in [4.69, 9.17) is 10.5 Å². The summed E-state index contributed by atoms with van der Waals surface area (Å²) in [6.45, 7) is 3.36. The third kappa shape index (κ3) is 7.34. The van der Waals surface area contributed by atoms with Gasteiger partial charge in [0.2, 0.25) is 5.91 Å². The van der Waals surface area contributed by atoms with Crippen molar-refractivity contribution in [2.24, 2.45) is 5.73 Å². The van der Waals surface area contributed by atoms with Gasteiger partial charge < -0.3 is 15.8 Å². The third-order valence-electron chi connectivity index (χ3n) is 3.03. The van der Waals surface area contributed by atoms with Crippen molar-refractivity contribution in [3.63, 3.8) is 0 Å². The second-order valence-corrected chi connectivity index (χ2v) is 4.89. The Hall–Kier alpha value is -0.610. The predicted octanol–water partition coefficient (Wildman–Crippen LogP) is 1.58. The molecule has 1 aliphatic carbocycles. The molecule has 100 valence electrons. The lowest BCUT2D eigenvalue weighted by molar-refractivity contribution is -0.121. The maximum Gasteiger partial charge on any atom is 0.236 e. The number of amides is 1. The molecule has 1 atom stereocenters. The quantitative estimate of drug-likeness (QED) is 0.541. The highest BCUT2D eigenvalue weighted by Gasteiger charge is 2.27. The fourth-order valence-corrected chi connectivity index (χ4v) is 1.76. The summed E-state index contributed by atoms with van der Waals surface area (Å²) < 4.78 is 5.50. The molecule has 0 aliphatic heterocycles. The van der Waals surface area contributed by atoms with Crippen molar-refractivity contribution in [1.82, 2.24) is 5.32 Å². The van der Waals surface area contributed by atoms with E-state index >= 15 is 0 Å². The number of unbranched alkanes of at least 4 members (excludes halogenated alkanes) is 4. The molecule has 0 bridgehead atoms. The minimum Gasteiger partial charge on any atom is -0.379 e. The van der Waals surface area contributed by atoms with Crippen LogP contribution in [-0.4, -0.2) is 31.2 Å². The molecule has 1 unspecified atom stereocenters. The molecular weight excluding hydrogens is 216 g/mol. The standard InChI is InChI=1S/C13H26N2O2/c1-2-3-4-5-6-9-17-10-12(13(14)16)15-11-7-8-11/h11-12,15H,2-10H2,1H3,(H2,14,16). The normalized spacial score (nSPS) is 17.0. The number of rotatable bonds is 11. The molecule has 1 fully saturated rings. The zero-order chi connectivity index (χ0) is 12.5. The molecule has 1 amide bonds. The highest BCUT2D eigenvalue weighted by atomic mass is 16.5. The Morgan fingerprint density at radius 2 is 2.06 bits per heavy atom. The van der Waals surface area contributed by atoms with E-state index in [2.05, 4.69) is 12.2 Å². The Bertz CT molecular complexity index is 217. The lowest BCUT2D eigenvalue weighted by Gasteiger charge is -2.15. The molecule has 3 N–H and O–H groups in total. The monoisotopic (exact) mass is 242 g/mol. The van der Waals surface area contributed by atoms with Crippen molar-refractivity contribution in [3.8, 4) is 0 Å². The van der Waals surface area contributed by atoms with E-state index in [0.717, 1.165) is 25.9 Å². The van der Waals surface area contributed by atoms with E-state index in [1.165, 1.54) is 25.7 Å². The number of nitrogens with one attached hydrogen (secondary N) is 1. The fraction of sp³-hybridized carbons (Fsp3) is 0.923. The Morgan fingerprint density at radius 3 is 2.65 bits per heavy atom. The van der Waals surface area contributed by atoms with Crippen LogP contribution in [-0.2, 0) is 9.53 Å². The van der Waals surface area contributed by atoms with Gasteiger partial charge in [-0.1, -0.05) is 32.6 Å². The highest BCUT2D eigenvalue weighted by Crippen LogP contribution is 2.19. The molecule has 4 heteroatoms. The van der Waals surface area contributed by atoms with Gasteiger partial charge in [0.05, 0.1) is 6.61 Å². The van der Waals surface area contributed by atoms with Crippen molar-refractivity contribution in [3.05, 3.63) is 0 Å². The van der Waals surface area contributed by atoms with Gasteiger partial charge >= 0.3 is 0 Å². The average molecular weight is 242 g/mol. The van der Waals surface area contributed by atoms with Gasteiger partial charge in [0.25, 0.3) is 0 Å². The number of hydrogen-bond donors (Lipinski definition) is 2. The third-order valence-corrected chi connectivity index (χ3v) is 3.03. The largest absolute Gasteiger partial charge is 0.379 e. The number of primary amides is 1. The zero-order valence-corrected chi connectivity index (χ0v) is 10.9. The van der Waals surface area contributed by atoms with Crippen LogP contribution >= 0.6 is 0 Å². The van der Waals surface area contributed by atoms with Crippen LogP contribution in [0.4, 0.5) is 0 Å². The smallest absolute Gasteiger partial charge is 0.236 e. The second kappa shape index (κ2) is 8.48. The average Bonchev–Trinajstić information content (AvgIpc) is 3.10. The number of nitrogens with two attached hydrogens (primary N) is 1. The topological polar surface area (TPSA) is 64.3 Å². The van der Waals surface area contributed by atoms with E-state index in [-0.39, 0.29) is 11.9 Å². The van der Waals surface area contributed by atoms with Gasteiger partial charge in [-0.15, -0.1) is 0 Å². The minimum atomic E-state index is -0.307. The van der Waals surface area contributed by atoms with Crippen molar-refractivity contribution in [1.29, 1.82) is 0 Å². The van der Waals surface area contributed by atoms with Crippen LogP contribution in [0.3, 0.4) is 0 Å². The van der Waals surface area contributed by atoms with Crippen molar-refractivity contribution < 1.29 is 9.53 Å². The fourth-order valence-electron chi connectivity index (χ4n) is 1.76. The van der Waals surface area contributed by atoms with E-state index < -0.39 is 0 Å². The maximum atomic E-state index is 11.1. The van der Waals surface area contributed by atoms with Gasteiger partial charge in [-0.25, -0.2) is 0 Å². The molecule has 1 rings (SSSR count). The molecule has 1 aliphatic rings. The van der Waals surface area contributed by atoms with Gasteiger partial charge in [0, 0.05) is 12.6 Å². The Morgan fingerprint density at radius 1 is 1.35 bits per heavy atom. The number of carbonyl (C=O) groups is 1. The first-order valence-electron chi connectivity index (χ1n) is 6.87. The van der Waals surface area contributed by atoms with Gasteiger partial charge in [0.15, 0.2) is 0 Å². The van der Waals surface area contributed by atoms with E-state index in [9.17, 15) is 4.79 Å². The van der Waals surface area contributed by atoms with E-state index in [0.29, 0.717) is 12.6 Å². The van der Waals surface area contributed by atoms with Crippen LogP contribution in [0, 0.1) is 0 Å². The van der Waals surface area contributed by atoms with Crippen molar-refractivity contribution >= 4 is 5.91 Å². The van der Waals surface area contributed by atoms with Crippen LogP contribution in [0.1, 0.15) is 51.9 Å². The molecule has 0 aromatic rings. The van der Waals surface area contributed by atoms with Gasteiger partial charge in [-0.2, -0.15) is 0 Å². The molecule has 4 nitrogen and oxygen atoms in total. The minimum absolute atomic E-state index is 0.303. The lowest BCUT2D eigenvalue weighted by Crippen LogP contribution is -2.45. The molecule has 17 heavy (non-hydrogen) atoms. The first kappa shape index (κ1) is 14.5. The summed E-state index contributed by atoms with van der Waals surface area (Å²) in [5, 5.41) is 3.20. The Balaban J connectivity index is 1.96. The second-order valence-electron chi connectivity index (χ2n) is 4.89. The highest BCUT2D eigenvalue weighted by molar-refractivity contribution is 5.80. The summed E-state index contributed by atoms with van der Waals surface area (Å²) in [7, 11) is 0. The molecule has 0 spiro atoms. The summed E-state index contributed by atoms with van der Waals surface area (Å²) >= 11 is 0. The molecule has 0 radical (unpaired) electrons. The van der Waals surface area contributed by atoms with E-state index in [1.54, 1.807) is 0 Å². The summed E-state index contributed by atoms with van der Waals surface area (Å²) in [5.41, 5.74) is 5.31. The summed E-state index contributed by atoms with van der Waals surface area (Å²) in [4.78, 5) is 11.1. The summed E-state index contributed by atoms with van der Waals surface area (Å²) in [5.74, 6) is -0.303. The first-order valence-corrected chi connectivity index (χ1v) is 6.87. The molecular formula is C13H26N2O2. The van der Waals surface area contributed by atoms with Crippen LogP contribution in [0.5, 0.6) is 0 Å². The molecule has 0 aromatic heterocycles.